The van der Waals surface area contributed by atoms with Crippen LogP contribution in [0.4, 0.5) is 0 Å². The van der Waals surface area contributed by atoms with Gasteiger partial charge < -0.3 is 4.42 Å². The molecule has 2 nitrogen and oxygen atoms in total. The zero-order chi connectivity index (χ0) is 26.6. The molecule has 0 aliphatic rings. The second-order valence-electron chi connectivity index (χ2n) is 10.0. The summed E-state index contributed by atoms with van der Waals surface area (Å²) in [4.78, 5) is 0. The highest BCUT2D eigenvalue weighted by Gasteiger charge is 2.18. The van der Waals surface area contributed by atoms with Gasteiger partial charge in [-0.3, -0.25) is 0 Å². The summed E-state index contributed by atoms with van der Waals surface area (Å²) in [6, 6.07) is 46.7. The van der Waals surface area contributed by atoms with E-state index < -0.39 is 0 Å². The molecule has 0 unspecified atom stereocenters. The van der Waals surface area contributed by atoms with Crippen molar-refractivity contribution >= 4 is 53.4 Å². The van der Waals surface area contributed by atoms with E-state index in [0.717, 1.165) is 55.3 Å². The molecule has 0 N–H and O–H groups in total. The van der Waals surface area contributed by atoms with Crippen molar-refractivity contribution in [1.29, 1.82) is 5.26 Å². The molecule has 6 aromatic carbocycles. The Morgan fingerprint density at radius 3 is 1.95 bits per heavy atom. The average molecular weight is 528 g/mol. The Bertz CT molecular complexity index is 2280. The Morgan fingerprint density at radius 2 is 1.12 bits per heavy atom. The van der Waals surface area contributed by atoms with Gasteiger partial charge in [0.05, 0.1) is 5.56 Å². The largest absolute Gasteiger partial charge is 0.456 e. The summed E-state index contributed by atoms with van der Waals surface area (Å²) >= 11 is 1.80. The molecule has 2 heterocycles. The Balaban J connectivity index is 1.40. The number of fused-ring (bicyclic) bond motifs is 6. The number of furan rings is 1. The number of benzene rings is 6. The van der Waals surface area contributed by atoms with Crippen molar-refractivity contribution in [3.8, 4) is 39.4 Å². The number of nitriles is 1. The van der Waals surface area contributed by atoms with Crippen LogP contribution in [0.25, 0.3) is 75.5 Å². The number of thiophene rings is 1. The van der Waals surface area contributed by atoms with Crippen LogP contribution in [0.2, 0.25) is 0 Å². The first-order valence-electron chi connectivity index (χ1n) is 13.2. The Kier molecular flexibility index (Phi) is 5.10. The maximum absolute atomic E-state index is 10.6. The molecule has 8 aromatic rings. The SMILES string of the molecule is N#Cc1c(-c2ccc3c(c2)oc2ccccc23)cc(-c2ccccc2)cc1-c1ccc2sc3ccccc3c2c1. The quantitative estimate of drug-likeness (QED) is 0.229. The first-order chi connectivity index (χ1) is 19.8. The van der Waals surface area contributed by atoms with Gasteiger partial charge in [-0.25, -0.2) is 0 Å². The number of nitrogens with zero attached hydrogens (tertiary/aromatic N) is 1. The molecule has 186 valence electrons. The summed E-state index contributed by atoms with van der Waals surface area (Å²) in [6.45, 7) is 0. The number of hydrogen-bond donors (Lipinski definition) is 0. The summed E-state index contributed by atoms with van der Waals surface area (Å²) in [5.41, 5.74) is 8.36. The monoisotopic (exact) mass is 527 g/mol. The van der Waals surface area contributed by atoms with E-state index >= 15 is 0 Å². The molecule has 8 rings (SSSR count). The topological polar surface area (TPSA) is 36.9 Å². The number of hydrogen-bond acceptors (Lipinski definition) is 3. The molecular weight excluding hydrogens is 506 g/mol. The minimum Gasteiger partial charge on any atom is -0.456 e. The van der Waals surface area contributed by atoms with E-state index in [1.54, 1.807) is 11.3 Å². The average Bonchev–Trinajstić information content (AvgIpc) is 3.58. The van der Waals surface area contributed by atoms with Crippen LogP contribution < -0.4 is 0 Å². The predicted molar refractivity (Wildman–Crippen MR) is 168 cm³/mol. The van der Waals surface area contributed by atoms with Gasteiger partial charge in [0.15, 0.2) is 0 Å². The summed E-state index contributed by atoms with van der Waals surface area (Å²) in [6.07, 6.45) is 0. The van der Waals surface area contributed by atoms with Crippen molar-refractivity contribution in [3.63, 3.8) is 0 Å². The van der Waals surface area contributed by atoms with Crippen molar-refractivity contribution in [1.82, 2.24) is 0 Å². The zero-order valence-corrected chi connectivity index (χ0v) is 22.2. The Hall–Kier alpha value is -5.17. The van der Waals surface area contributed by atoms with Crippen LogP contribution in [-0.2, 0) is 0 Å². The third kappa shape index (κ3) is 3.55. The molecule has 0 radical (unpaired) electrons. The molecule has 0 spiro atoms. The van der Waals surface area contributed by atoms with Gasteiger partial charge >= 0.3 is 0 Å². The van der Waals surface area contributed by atoms with Gasteiger partial charge in [0.25, 0.3) is 0 Å². The fourth-order valence-corrected chi connectivity index (χ4v) is 6.89. The van der Waals surface area contributed by atoms with E-state index in [4.69, 9.17) is 4.42 Å². The molecule has 0 bridgehead atoms. The van der Waals surface area contributed by atoms with Crippen LogP contribution in [0.5, 0.6) is 0 Å². The lowest BCUT2D eigenvalue weighted by Gasteiger charge is -2.14. The van der Waals surface area contributed by atoms with Crippen molar-refractivity contribution in [2.45, 2.75) is 0 Å². The summed E-state index contributed by atoms with van der Waals surface area (Å²) in [5.74, 6) is 0. The summed E-state index contributed by atoms with van der Waals surface area (Å²) < 4.78 is 8.74. The number of para-hydroxylation sites is 1. The minimum atomic E-state index is 0.661. The molecule has 0 saturated carbocycles. The smallest absolute Gasteiger partial charge is 0.136 e. The van der Waals surface area contributed by atoms with Crippen LogP contribution in [0, 0.1) is 11.3 Å². The lowest BCUT2D eigenvalue weighted by Crippen LogP contribution is -1.93. The standard InChI is InChI=1S/C37H21NOS/c38-22-33-30(24-15-17-37-32(18-24)29-11-5-7-13-36(29)40-37)19-26(23-8-2-1-3-9-23)20-31(33)25-14-16-28-27-10-4-6-12-34(27)39-35(28)21-25/h1-21H. The molecule has 2 aromatic heterocycles. The van der Waals surface area contributed by atoms with Crippen LogP contribution in [0.3, 0.4) is 0 Å². The maximum Gasteiger partial charge on any atom is 0.136 e. The molecule has 0 saturated heterocycles. The van der Waals surface area contributed by atoms with Gasteiger partial charge in [0.2, 0.25) is 0 Å². The van der Waals surface area contributed by atoms with E-state index in [0.29, 0.717) is 5.56 Å². The van der Waals surface area contributed by atoms with E-state index in [2.05, 4.69) is 109 Å². The van der Waals surface area contributed by atoms with Gasteiger partial charge in [0.1, 0.15) is 17.2 Å². The van der Waals surface area contributed by atoms with Crippen molar-refractivity contribution in [3.05, 3.63) is 133 Å². The second-order valence-corrected chi connectivity index (χ2v) is 11.1. The predicted octanol–water partition coefficient (Wildman–Crippen LogP) is 10.8. The number of rotatable bonds is 3. The van der Waals surface area contributed by atoms with E-state index in [-0.39, 0.29) is 0 Å². The third-order valence-electron chi connectivity index (χ3n) is 7.73. The van der Waals surface area contributed by atoms with E-state index in [9.17, 15) is 5.26 Å². The van der Waals surface area contributed by atoms with Gasteiger partial charge in [-0.05, 0) is 70.8 Å². The van der Waals surface area contributed by atoms with Crippen LogP contribution in [0.1, 0.15) is 5.56 Å². The highest BCUT2D eigenvalue weighted by molar-refractivity contribution is 7.25. The Morgan fingerprint density at radius 1 is 0.475 bits per heavy atom. The van der Waals surface area contributed by atoms with E-state index in [1.165, 1.54) is 20.2 Å². The molecule has 0 atom stereocenters. The second kappa shape index (κ2) is 8.95. The first-order valence-corrected chi connectivity index (χ1v) is 14.1. The lowest BCUT2D eigenvalue weighted by atomic mass is 9.88. The van der Waals surface area contributed by atoms with Crippen LogP contribution in [-0.4, -0.2) is 0 Å². The molecule has 0 amide bonds. The normalized spacial score (nSPS) is 11.5. The van der Waals surface area contributed by atoms with Crippen molar-refractivity contribution < 1.29 is 4.42 Å². The Labute approximate surface area is 235 Å². The maximum atomic E-state index is 10.6. The molecule has 0 fully saturated rings. The lowest BCUT2D eigenvalue weighted by molar-refractivity contribution is 0.669. The van der Waals surface area contributed by atoms with Gasteiger partial charge in [-0.2, -0.15) is 5.26 Å². The third-order valence-corrected chi connectivity index (χ3v) is 8.89. The molecule has 40 heavy (non-hydrogen) atoms. The van der Waals surface area contributed by atoms with Gasteiger partial charge in [-0.15, -0.1) is 11.3 Å². The van der Waals surface area contributed by atoms with Crippen molar-refractivity contribution in [2.75, 3.05) is 0 Å². The minimum absolute atomic E-state index is 0.661. The molecule has 3 heteroatoms. The summed E-state index contributed by atoms with van der Waals surface area (Å²) in [7, 11) is 0. The van der Waals surface area contributed by atoms with Crippen LogP contribution >= 0.6 is 11.3 Å². The highest BCUT2D eigenvalue weighted by atomic mass is 32.1. The van der Waals surface area contributed by atoms with Crippen LogP contribution in [0.15, 0.2) is 132 Å². The van der Waals surface area contributed by atoms with Gasteiger partial charge in [0, 0.05) is 42.1 Å². The fourth-order valence-electron chi connectivity index (χ4n) is 5.80. The molecule has 0 aliphatic heterocycles. The molecule has 0 aliphatic carbocycles. The summed E-state index contributed by atoms with van der Waals surface area (Å²) in [5, 5.41) is 15.2. The first kappa shape index (κ1) is 22.8. The van der Waals surface area contributed by atoms with E-state index in [1.807, 2.05) is 24.3 Å². The van der Waals surface area contributed by atoms with Gasteiger partial charge in [-0.1, -0.05) is 78.9 Å². The highest BCUT2D eigenvalue weighted by Crippen LogP contribution is 2.41. The zero-order valence-electron chi connectivity index (χ0n) is 21.4. The fraction of sp³-hybridized carbons (Fsp3) is 0. The van der Waals surface area contributed by atoms with Crippen molar-refractivity contribution in [2.24, 2.45) is 0 Å². The molecular formula is C37H21NOS.